The molecule has 0 radical (unpaired) electrons. The van der Waals surface area contributed by atoms with Gasteiger partial charge in [0.2, 0.25) is 0 Å². The molecule has 4 aromatic rings. The number of pyridine rings is 2. The molecule has 0 amide bonds. The summed E-state index contributed by atoms with van der Waals surface area (Å²) in [4.78, 5) is 4.77. The molecule has 0 aliphatic carbocycles. The maximum absolute atomic E-state index is 4.77. The molecule has 0 fully saturated rings. The van der Waals surface area contributed by atoms with Gasteiger partial charge in [0.1, 0.15) is 0 Å². The molecule has 2 nitrogen and oxygen atoms in total. The second-order valence-electron chi connectivity index (χ2n) is 5.17. The average Bonchev–Trinajstić information content (AvgIpc) is 2.55. The summed E-state index contributed by atoms with van der Waals surface area (Å²) in [6.45, 7) is 0.852. The Morgan fingerprint density at radius 1 is 0.667 bits per heavy atom. The number of fused-ring (bicyclic) bond motifs is 2. The van der Waals surface area contributed by atoms with Crippen LogP contribution in [0, 0.1) is 0 Å². The summed E-state index contributed by atoms with van der Waals surface area (Å²) >= 11 is 0. The summed E-state index contributed by atoms with van der Waals surface area (Å²) in [5.41, 5.74) is 3.44. The molecule has 0 bridgehead atoms. The van der Waals surface area contributed by atoms with Gasteiger partial charge < -0.3 is 0 Å². The van der Waals surface area contributed by atoms with Crippen LogP contribution in [0.3, 0.4) is 0 Å². The number of para-hydroxylation sites is 2. The van der Waals surface area contributed by atoms with E-state index in [1.54, 1.807) is 0 Å². The molecular formula is C19H15N2+. The van der Waals surface area contributed by atoms with Crippen LogP contribution in [0.4, 0.5) is 0 Å². The quantitative estimate of drug-likeness (QED) is 0.401. The van der Waals surface area contributed by atoms with Crippen LogP contribution in [0.1, 0.15) is 5.56 Å². The maximum Gasteiger partial charge on any atom is 0.175 e. The van der Waals surface area contributed by atoms with E-state index in [1.807, 2.05) is 18.2 Å². The van der Waals surface area contributed by atoms with Gasteiger partial charge in [-0.25, -0.2) is 9.55 Å². The first-order valence-electron chi connectivity index (χ1n) is 7.12. The van der Waals surface area contributed by atoms with Gasteiger partial charge in [0.15, 0.2) is 18.9 Å². The van der Waals surface area contributed by atoms with Crippen LogP contribution in [-0.4, -0.2) is 4.98 Å². The normalized spacial score (nSPS) is 11.0. The van der Waals surface area contributed by atoms with Crippen molar-refractivity contribution >= 4 is 21.8 Å². The number of benzene rings is 2. The standard InChI is InChI=1S/C19H15N2/c1-6-12-21(13-7-1)14-17-15-8-2-4-10-18(15)20-19-11-5-3-9-16(17)19/h1-13H,14H2/q+1. The number of hydrogen-bond donors (Lipinski definition) is 0. The topological polar surface area (TPSA) is 16.8 Å². The first-order valence-corrected chi connectivity index (χ1v) is 7.12. The minimum Gasteiger partial charge on any atom is -0.248 e. The molecule has 0 atom stereocenters. The summed E-state index contributed by atoms with van der Waals surface area (Å²) in [5.74, 6) is 0. The van der Waals surface area contributed by atoms with E-state index in [0.29, 0.717) is 0 Å². The van der Waals surface area contributed by atoms with Gasteiger partial charge >= 0.3 is 0 Å². The molecule has 2 aromatic carbocycles. The van der Waals surface area contributed by atoms with Crippen molar-refractivity contribution < 1.29 is 4.57 Å². The Morgan fingerprint density at radius 3 is 1.86 bits per heavy atom. The third-order valence-corrected chi connectivity index (χ3v) is 3.82. The van der Waals surface area contributed by atoms with Gasteiger partial charge in [-0.05, 0) is 12.1 Å². The van der Waals surface area contributed by atoms with Gasteiger partial charge in [-0.2, -0.15) is 0 Å². The predicted octanol–water partition coefficient (Wildman–Crippen LogP) is 3.72. The van der Waals surface area contributed by atoms with Crippen LogP contribution in [0.2, 0.25) is 0 Å². The number of hydrogen-bond acceptors (Lipinski definition) is 1. The first kappa shape index (κ1) is 12.0. The van der Waals surface area contributed by atoms with Crippen LogP contribution in [-0.2, 0) is 6.54 Å². The SMILES string of the molecule is c1cc[n+](Cc2c3ccccc3nc3ccccc23)cc1. The summed E-state index contributed by atoms with van der Waals surface area (Å²) in [6.07, 6.45) is 4.20. The molecule has 0 aliphatic heterocycles. The Bertz CT molecular complexity index is 860. The summed E-state index contributed by atoms with van der Waals surface area (Å²) in [6, 6.07) is 22.9. The zero-order chi connectivity index (χ0) is 14.1. The first-order chi connectivity index (χ1) is 10.4. The zero-order valence-electron chi connectivity index (χ0n) is 11.6. The highest BCUT2D eigenvalue weighted by Gasteiger charge is 2.12. The van der Waals surface area contributed by atoms with E-state index < -0.39 is 0 Å². The summed E-state index contributed by atoms with van der Waals surface area (Å²) in [7, 11) is 0. The lowest BCUT2D eigenvalue weighted by Gasteiger charge is -2.08. The lowest BCUT2D eigenvalue weighted by atomic mass is 10.0. The van der Waals surface area contributed by atoms with Crippen molar-refractivity contribution in [3.05, 3.63) is 84.7 Å². The molecule has 0 saturated carbocycles. The van der Waals surface area contributed by atoms with E-state index in [4.69, 9.17) is 4.98 Å². The fourth-order valence-corrected chi connectivity index (χ4v) is 2.82. The molecule has 0 spiro atoms. The number of nitrogens with zero attached hydrogens (tertiary/aromatic N) is 2. The van der Waals surface area contributed by atoms with Crippen LogP contribution in [0.25, 0.3) is 21.8 Å². The van der Waals surface area contributed by atoms with E-state index in [9.17, 15) is 0 Å². The molecule has 2 heterocycles. The van der Waals surface area contributed by atoms with Crippen LogP contribution < -0.4 is 4.57 Å². The van der Waals surface area contributed by atoms with E-state index >= 15 is 0 Å². The lowest BCUT2D eigenvalue weighted by molar-refractivity contribution is -0.688. The Kier molecular flexibility index (Phi) is 2.86. The molecule has 0 saturated heterocycles. The van der Waals surface area contributed by atoms with Crippen LogP contribution >= 0.6 is 0 Å². The Morgan fingerprint density at radius 2 is 1.24 bits per heavy atom. The lowest BCUT2D eigenvalue weighted by Crippen LogP contribution is -2.33. The Labute approximate surface area is 123 Å². The molecule has 21 heavy (non-hydrogen) atoms. The second-order valence-corrected chi connectivity index (χ2v) is 5.17. The fraction of sp³-hybridized carbons (Fsp3) is 0.0526. The molecule has 0 N–H and O–H groups in total. The van der Waals surface area contributed by atoms with Crippen molar-refractivity contribution in [1.29, 1.82) is 0 Å². The average molecular weight is 271 g/mol. The highest BCUT2D eigenvalue weighted by molar-refractivity contribution is 5.97. The molecule has 2 aromatic heterocycles. The van der Waals surface area contributed by atoms with Crippen LogP contribution in [0.5, 0.6) is 0 Å². The Balaban J connectivity index is 2.02. The third-order valence-electron chi connectivity index (χ3n) is 3.82. The van der Waals surface area contributed by atoms with Gasteiger partial charge in [0.25, 0.3) is 0 Å². The Hall–Kier alpha value is -2.74. The van der Waals surface area contributed by atoms with Gasteiger partial charge in [-0.1, -0.05) is 42.5 Å². The van der Waals surface area contributed by atoms with Gasteiger partial charge in [0, 0.05) is 28.5 Å². The van der Waals surface area contributed by atoms with Crippen molar-refractivity contribution in [1.82, 2.24) is 4.98 Å². The number of aromatic nitrogens is 2. The van der Waals surface area contributed by atoms with Gasteiger partial charge in [-0.3, -0.25) is 0 Å². The molecule has 0 aliphatic rings. The maximum atomic E-state index is 4.77. The van der Waals surface area contributed by atoms with Crippen LogP contribution in [0.15, 0.2) is 79.1 Å². The monoisotopic (exact) mass is 271 g/mol. The highest BCUT2D eigenvalue weighted by atomic mass is 14.9. The molecule has 100 valence electrons. The van der Waals surface area contributed by atoms with E-state index in [2.05, 4.69) is 65.5 Å². The second kappa shape index (κ2) is 4.98. The van der Waals surface area contributed by atoms with E-state index in [-0.39, 0.29) is 0 Å². The third kappa shape index (κ3) is 2.15. The van der Waals surface area contributed by atoms with Crippen molar-refractivity contribution in [2.24, 2.45) is 0 Å². The molecule has 0 unspecified atom stereocenters. The van der Waals surface area contributed by atoms with Crippen molar-refractivity contribution in [3.63, 3.8) is 0 Å². The minimum absolute atomic E-state index is 0.852. The molecular weight excluding hydrogens is 256 g/mol. The zero-order valence-corrected chi connectivity index (χ0v) is 11.6. The summed E-state index contributed by atoms with van der Waals surface area (Å²) in [5, 5.41) is 2.46. The van der Waals surface area contributed by atoms with Crippen molar-refractivity contribution in [3.8, 4) is 0 Å². The minimum atomic E-state index is 0.852. The summed E-state index contributed by atoms with van der Waals surface area (Å²) < 4.78 is 2.20. The molecule has 4 rings (SSSR count). The fourth-order valence-electron chi connectivity index (χ4n) is 2.82. The molecule has 2 heteroatoms. The van der Waals surface area contributed by atoms with Crippen molar-refractivity contribution in [2.75, 3.05) is 0 Å². The number of rotatable bonds is 2. The predicted molar refractivity (Wildman–Crippen MR) is 85.0 cm³/mol. The van der Waals surface area contributed by atoms with E-state index in [1.165, 1.54) is 16.3 Å². The van der Waals surface area contributed by atoms with E-state index in [0.717, 1.165) is 17.6 Å². The van der Waals surface area contributed by atoms with Gasteiger partial charge in [0.05, 0.1) is 11.0 Å². The highest BCUT2D eigenvalue weighted by Crippen LogP contribution is 2.25. The smallest absolute Gasteiger partial charge is 0.175 e. The van der Waals surface area contributed by atoms with Gasteiger partial charge in [-0.15, -0.1) is 0 Å². The largest absolute Gasteiger partial charge is 0.248 e. The van der Waals surface area contributed by atoms with Crippen molar-refractivity contribution in [2.45, 2.75) is 6.54 Å².